The average molecular weight is 702 g/mol. The van der Waals surface area contributed by atoms with Crippen LogP contribution in [0.5, 0.6) is 23.0 Å². The molecule has 1 aliphatic carbocycles. The molecule has 5 rings (SSSR count). The number of aryl methyl sites for hydroxylation is 1. The molecule has 9 nitrogen and oxygen atoms in total. The first-order chi connectivity index (χ1) is 24.2. The maximum Gasteiger partial charge on any atom is 0.240 e. The normalized spacial score (nSPS) is 13.0. The van der Waals surface area contributed by atoms with E-state index in [1.165, 1.54) is 42.8 Å². The third-order valence-electron chi connectivity index (χ3n) is 8.68. The van der Waals surface area contributed by atoms with E-state index >= 15 is 4.39 Å². The number of carbonyl (C=O) groups is 3. The summed E-state index contributed by atoms with van der Waals surface area (Å²) in [6.45, 7) is 4.10. The number of fused-ring (bicyclic) bond motifs is 1. The molecule has 4 aromatic rings. The molecule has 3 aromatic carbocycles. The monoisotopic (exact) mass is 701 g/mol. The summed E-state index contributed by atoms with van der Waals surface area (Å²) in [5.41, 5.74) is 1.31. The molecule has 264 valence electrons. The zero-order valence-electron chi connectivity index (χ0n) is 28.8. The van der Waals surface area contributed by atoms with Crippen molar-refractivity contribution in [2.45, 2.75) is 71.6 Å². The molecule has 0 radical (unpaired) electrons. The third kappa shape index (κ3) is 9.74. The number of ether oxygens (including phenoxy) is 3. The van der Waals surface area contributed by atoms with Crippen LogP contribution in [-0.2, 0) is 14.4 Å². The van der Waals surface area contributed by atoms with Crippen molar-refractivity contribution in [2.75, 3.05) is 30.1 Å². The summed E-state index contributed by atoms with van der Waals surface area (Å²) in [6, 6.07) is 16.7. The highest BCUT2D eigenvalue weighted by atomic mass is 32.2. The van der Waals surface area contributed by atoms with Crippen molar-refractivity contribution in [2.24, 2.45) is 5.41 Å². The van der Waals surface area contributed by atoms with E-state index in [2.05, 4.69) is 15.6 Å². The molecule has 50 heavy (non-hydrogen) atoms. The van der Waals surface area contributed by atoms with Gasteiger partial charge in [-0.3, -0.25) is 19.4 Å². The van der Waals surface area contributed by atoms with Gasteiger partial charge in [0.2, 0.25) is 11.8 Å². The number of halogens is 1. The second-order valence-corrected chi connectivity index (χ2v) is 13.9. The van der Waals surface area contributed by atoms with Crippen LogP contribution in [0, 0.1) is 18.2 Å². The van der Waals surface area contributed by atoms with E-state index in [4.69, 9.17) is 14.2 Å². The van der Waals surface area contributed by atoms with Crippen molar-refractivity contribution in [3.8, 4) is 23.0 Å². The van der Waals surface area contributed by atoms with Crippen LogP contribution in [0.2, 0.25) is 0 Å². The van der Waals surface area contributed by atoms with Gasteiger partial charge in [-0.2, -0.15) is 0 Å². The highest BCUT2D eigenvalue weighted by Crippen LogP contribution is 2.47. The largest absolute Gasteiger partial charge is 0.493 e. The van der Waals surface area contributed by atoms with Gasteiger partial charge in [0.15, 0.2) is 28.2 Å². The standard InChI is InChI=1S/C39H44FN3O6S/c1-26-11-13-28(14-12-26)42-37(45)39(18-19-39)38(46)43-29-15-16-34(31(40)23-29)49-33-17-20-41-32-25-36(35(47-3)24-30(32)33)48-21-9-7-5-4-6-8-10-22-50-27(2)44/h11-17,20,23-25H,4-10,18-19,21-22H2,1-3H3,(H,42,45)(H,43,46). The Morgan fingerprint density at radius 1 is 0.800 bits per heavy atom. The maximum absolute atomic E-state index is 15.3. The van der Waals surface area contributed by atoms with Crippen molar-refractivity contribution in [3.63, 3.8) is 0 Å². The van der Waals surface area contributed by atoms with Crippen LogP contribution in [0.15, 0.2) is 66.9 Å². The van der Waals surface area contributed by atoms with Gasteiger partial charge in [-0.1, -0.05) is 61.6 Å². The van der Waals surface area contributed by atoms with Crippen LogP contribution in [-0.4, -0.2) is 41.4 Å². The fourth-order valence-electron chi connectivity index (χ4n) is 5.58. The summed E-state index contributed by atoms with van der Waals surface area (Å²) in [5.74, 6) is 0.784. The van der Waals surface area contributed by atoms with E-state index in [1.54, 1.807) is 50.6 Å². The molecule has 2 amide bonds. The predicted octanol–water partition coefficient (Wildman–Crippen LogP) is 9.23. The van der Waals surface area contributed by atoms with E-state index < -0.39 is 17.1 Å². The number of methoxy groups -OCH3 is 1. The summed E-state index contributed by atoms with van der Waals surface area (Å²) in [5, 5.41) is 6.32. The molecular weight excluding hydrogens is 658 g/mol. The number of pyridine rings is 1. The van der Waals surface area contributed by atoms with Gasteiger partial charge >= 0.3 is 0 Å². The number of hydrogen-bond acceptors (Lipinski definition) is 8. The lowest BCUT2D eigenvalue weighted by atomic mass is 10.0. The lowest BCUT2D eigenvalue weighted by Crippen LogP contribution is -2.35. The number of rotatable bonds is 18. The SMILES string of the molecule is COc1cc2c(Oc3ccc(NC(=O)C4(C(=O)Nc5ccc(C)cc5)CC4)cc3F)ccnc2cc1OCCCCCCCCCSC(C)=O. The molecule has 0 aliphatic heterocycles. The van der Waals surface area contributed by atoms with Crippen LogP contribution < -0.4 is 24.8 Å². The molecule has 1 aliphatic rings. The first-order valence-electron chi connectivity index (χ1n) is 17.1. The molecule has 1 saturated carbocycles. The summed E-state index contributed by atoms with van der Waals surface area (Å²) in [4.78, 5) is 41.5. The van der Waals surface area contributed by atoms with E-state index in [0.717, 1.165) is 43.4 Å². The van der Waals surface area contributed by atoms with Crippen molar-refractivity contribution >= 4 is 51.0 Å². The number of hydrogen-bond donors (Lipinski definition) is 2. The first kappa shape index (κ1) is 36.6. The van der Waals surface area contributed by atoms with Crippen LogP contribution >= 0.6 is 11.8 Å². The summed E-state index contributed by atoms with van der Waals surface area (Å²) < 4.78 is 33.0. The molecule has 0 saturated heterocycles. The van der Waals surface area contributed by atoms with Gasteiger partial charge in [0.25, 0.3) is 0 Å². The van der Waals surface area contributed by atoms with Crippen molar-refractivity contribution in [3.05, 3.63) is 78.2 Å². The fourth-order valence-corrected chi connectivity index (χ4v) is 6.21. The highest BCUT2D eigenvalue weighted by molar-refractivity contribution is 8.13. The zero-order chi connectivity index (χ0) is 35.5. The zero-order valence-corrected chi connectivity index (χ0v) is 29.6. The number of nitrogens with one attached hydrogen (secondary N) is 2. The molecule has 1 fully saturated rings. The number of carbonyl (C=O) groups excluding carboxylic acids is 3. The van der Waals surface area contributed by atoms with E-state index in [0.29, 0.717) is 53.3 Å². The highest BCUT2D eigenvalue weighted by Gasteiger charge is 2.56. The lowest BCUT2D eigenvalue weighted by Gasteiger charge is -2.16. The number of unbranched alkanes of at least 4 members (excludes halogenated alkanes) is 6. The van der Waals surface area contributed by atoms with Gasteiger partial charge < -0.3 is 24.8 Å². The molecule has 11 heteroatoms. The Bertz CT molecular complexity index is 1810. The van der Waals surface area contributed by atoms with E-state index in [1.807, 2.05) is 19.1 Å². The topological polar surface area (TPSA) is 116 Å². The molecule has 1 aromatic heterocycles. The van der Waals surface area contributed by atoms with Crippen molar-refractivity contribution in [1.82, 2.24) is 4.98 Å². The molecular formula is C39H44FN3O6S. The van der Waals surface area contributed by atoms with Crippen LogP contribution in [0.25, 0.3) is 10.9 Å². The quantitative estimate of drug-likeness (QED) is 0.0779. The maximum atomic E-state index is 15.3. The van der Waals surface area contributed by atoms with Gasteiger partial charge in [-0.05, 0) is 69.0 Å². The number of amides is 2. The number of nitrogens with zero attached hydrogens (tertiary/aromatic N) is 1. The van der Waals surface area contributed by atoms with E-state index in [9.17, 15) is 14.4 Å². The Balaban J connectivity index is 1.14. The Morgan fingerprint density at radius 3 is 2.12 bits per heavy atom. The van der Waals surface area contributed by atoms with Gasteiger partial charge in [0.1, 0.15) is 11.2 Å². The lowest BCUT2D eigenvalue weighted by molar-refractivity contribution is -0.131. The number of anilines is 2. The number of thioether (sulfide) groups is 1. The fraction of sp³-hybridized carbons (Fsp3) is 0.385. The van der Waals surface area contributed by atoms with Gasteiger partial charge in [-0.15, -0.1) is 0 Å². The Labute approximate surface area is 296 Å². The minimum absolute atomic E-state index is 0.0389. The minimum atomic E-state index is -1.19. The molecule has 1 heterocycles. The van der Waals surface area contributed by atoms with Gasteiger partial charge in [0, 0.05) is 47.8 Å². The van der Waals surface area contributed by atoms with Crippen molar-refractivity contribution < 1.29 is 33.0 Å². The Hall–Kier alpha value is -4.64. The molecule has 0 bridgehead atoms. The molecule has 2 N–H and O–H groups in total. The van der Waals surface area contributed by atoms with Crippen LogP contribution in [0.1, 0.15) is 70.3 Å². The second-order valence-electron chi connectivity index (χ2n) is 12.6. The summed E-state index contributed by atoms with van der Waals surface area (Å²) in [7, 11) is 1.56. The molecule has 0 atom stereocenters. The smallest absolute Gasteiger partial charge is 0.240 e. The average Bonchev–Trinajstić information content (AvgIpc) is 3.92. The Morgan fingerprint density at radius 2 is 1.46 bits per heavy atom. The Kier molecular flexibility index (Phi) is 12.7. The first-order valence-corrected chi connectivity index (χ1v) is 18.1. The minimum Gasteiger partial charge on any atom is -0.493 e. The third-order valence-corrected chi connectivity index (χ3v) is 9.58. The molecule has 0 spiro atoms. The van der Waals surface area contributed by atoms with Gasteiger partial charge in [-0.25, -0.2) is 4.39 Å². The van der Waals surface area contributed by atoms with Crippen LogP contribution in [0.3, 0.4) is 0 Å². The molecule has 0 unspecified atom stereocenters. The second kappa shape index (κ2) is 17.3. The van der Waals surface area contributed by atoms with E-state index in [-0.39, 0.29) is 22.5 Å². The number of benzene rings is 3. The summed E-state index contributed by atoms with van der Waals surface area (Å²) >= 11 is 1.40. The summed E-state index contributed by atoms with van der Waals surface area (Å²) in [6.07, 6.45) is 10.1. The van der Waals surface area contributed by atoms with Gasteiger partial charge in [0.05, 0.1) is 19.2 Å². The van der Waals surface area contributed by atoms with Crippen LogP contribution in [0.4, 0.5) is 15.8 Å². The van der Waals surface area contributed by atoms with Crippen molar-refractivity contribution in [1.29, 1.82) is 0 Å². The predicted molar refractivity (Wildman–Crippen MR) is 196 cm³/mol. The number of aromatic nitrogens is 1.